The van der Waals surface area contributed by atoms with Gasteiger partial charge in [-0.3, -0.25) is 0 Å². The van der Waals surface area contributed by atoms with Gasteiger partial charge in [0.2, 0.25) is 0 Å². The number of aliphatic imine (C=N–C) groups is 1. The maximum atomic E-state index is 13.7. The van der Waals surface area contributed by atoms with Crippen LogP contribution in [0.3, 0.4) is 0 Å². The predicted octanol–water partition coefficient (Wildman–Crippen LogP) is 2.80. The lowest BCUT2D eigenvalue weighted by atomic mass is 10.1. The van der Waals surface area contributed by atoms with E-state index in [4.69, 9.17) is 5.26 Å². The summed E-state index contributed by atoms with van der Waals surface area (Å²) in [5, 5.41) is 15.3. The Morgan fingerprint density at radius 3 is 2.67 bits per heavy atom. The molecule has 0 fully saturated rings. The first-order valence-corrected chi connectivity index (χ1v) is 7.21. The van der Waals surface area contributed by atoms with Crippen LogP contribution in [0.15, 0.2) is 23.2 Å². The summed E-state index contributed by atoms with van der Waals surface area (Å²) in [5.74, 6) is 0.776. The van der Waals surface area contributed by atoms with E-state index in [-0.39, 0.29) is 18.4 Å². The van der Waals surface area contributed by atoms with Crippen LogP contribution in [0.4, 0.5) is 4.39 Å². The monoisotopic (exact) mass is 290 g/mol. The second-order valence-corrected chi connectivity index (χ2v) is 5.29. The molecule has 5 heteroatoms. The third kappa shape index (κ3) is 5.42. The highest BCUT2D eigenvalue weighted by atomic mass is 19.1. The second kappa shape index (κ2) is 8.25. The van der Waals surface area contributed by atoms with Crippen molar-refractivity contribution in [3.05, 3.63) is 35.1 Å². The minimum Gasteiger partial charge on any atom is -0.357 e. The van der Waals surface area contributed by atoms with Gasteiger partial charge in [0, 0.05) is 18.2 Å². The van der Waals surface area contributed by atoms with Crippen LogP contribution in [0.2, 0.25) is 0 Å². The van der Waals surface area contributed by atoms with Gasteiger partial charge >= 0.3 is 0 Å². The third-order valence-corrected chi connectivity index (χ3v) is 3.29. The molecule has 1 unspecified atom stereocenters. The van der Waals surface area contributed by atoms with Crippen molar-refractivity contribution in [2.24, 2.45) is 10.9 Å². The van der Waals surface area contributed by atoms with Crippen LogP contribution >= 0.6 is 0 Å². The van der Waals surface area contributed by atoms with Gasteiger partial charge in [0.25, 0.3) is 0 Å². The van der Waals surface area contributed by atoms with E-state index in [1.165, 1.54) is 18.2 Å². The molecule has 0 aromatic heterocycles. The third-order valence-electron chi connectivity index (χ3n) is 3.29. The van der Waals surface area contributed by atoms with E-state index in [9.17, 15) is 4.39 Å². The van der Waals surface area contributed by atoms with Crippen molar-refractivity contribution in [1.29, 1.82) is 5.26 Å². The lowest BCUT2D eigenvalue weighted by Gasteiger charge is -2.20. The Balaban J connectivity index is 2.85. The van der Waals surface area contributed by atoms with Crippen molar-refractivity contribution in [2.45, 2.75) is 40.3 Å². The maximum absolute atomic E-state index is 13.7. The predicted molar refractivity (Wildman–Crippen MR) is 83.4 cm³/mol. The zero-order valence-electron chi connectivity index (χ0n) is 13.1. The molecule has 0 aliphatic heterocycles. The summed E-state index contributed by atoms with van der Waals surface area (Å²) in [4.78, 5) is 4.39. The normalized spacial score (nSPS) is 12.9. The summed E-state index contributed by atoms with van der Waals surface area (Å²) in [7, 11) is 0. The highest BCUT2D eigenvalue weighted by Gasteiger charge is 2.09. The van der Waals surface area contributed by atoms with E-state index in [0.29, 0.717) is 23.0 Å². The minimum absolute atomic E-state index is 0.196. The van der Waals surface area contributed by atoms with Gasteiger partial charge in [-0.25, -0.2) is 9.38 Å². The first-order valence-electron chi connectivity index (χ1n) is 7.21. The molecule has 0 heterocycles. The van der Waals surface area contributed by atoms with Crippen molar-refractivity contribution in [3.8, 4) is 6.07 Å². The summed E-state index contributed by atoms with van der Waals surface area (Å²) < 4.78 is 13.7. The average Bonchev–Trinajstić information content (AvgIpc) is 2.46. The standard InChI is InChI=1S/C16H23FN4/c1-5-19-16(21-12(4)11(2)3)20-10-14-8-13(9-18)6-7-15(14)17/h6-8,11-12H,5,10H2,1-4H3,(H2,19,20,21). The quantitative estimate of drug-likeness (QED) is 0.647. The zero-order chi connectivity index (χ0) is 15.8. The molecule has 21 heavy (non-hydrogen) atoms. The van der Waals surface area contributed by atoms with Gasteiger partial charge in [0.1, 0.15) is 5.82 Å². The number of hydrogen-bond donors (Lipinski definition) is 2. The number of halogens is 1. The number of benzene rings is 1. The molecule has 0 spiro atoms. The molecule has 0 saturated carbocycles. The molecule has 0 amide bonds. The molecule has 1 atom stereocenters. The lowest BCUT2D eigenvalue weighted by Crippen LogP contribution is -2.44. The Labute approximate surface area is 126 Å². The van der Waals surface area contributed by atoms with E-state index >= 15 is 0 Å². The van der Waals surface area contributed by atoms with Gasteiger partial charge in [-0.05, 0) is 38.0 Å². The molecule has 0 aliphatic rings. The molecule has 0 aliphatic carbocycles. The highest BCUT2D eigenvalue weighted by molar-refractivity contribution is 5.80. The fourth-order valence-corrected chi connectivity index (χ4v) is 1.63. The summed E-state index contributed by atoms with van der Waals surface area (Å²) in [6.07, 6.45) is 0. The highest BCUT2D eigenvalue weighted by Crippen LogP contribution is 2.11. The van der Waals surface area contributed by atoms with Crippen LogP contribution in [-0.2, 0) is 6.54 Å². The summed E-state index contributed by atoms with van der Waals surface area (Å²) in [6.45, 7) is 9.23. The number of guanidine groups is 1. The molecule has 0 bridgehead atoms. The topological polar surface area (TPSA) is 60.2 Å². The second-order valence-electron chi connectivity index (χ2n) is 5.29. The van der Waals surface area contributed by atoms with Crippen LogP contribution < -0.4 is 10.6 Å². The number of nitrogens with zero attached hydrogens (tertiary/aromatic N) is 2. The van der Waals surface area contributed by atoms with Crippen molar-refractivity contribution >= 4 is 5.96 Å². The van der Waals surface area contributed by atoms with E-state index in [1.54, 1.807) is 0 Å². The van der Waals surface area contributed by atoms with Crippen molar-refractivity contribution in [2.75, 3.05) is 6.54 Å². The van der Waals surface area contributed by atoms with E-state index in [1.807, 2.05) is 13.0 Å². The molecule has 114 valence electrons. The van der Waals surface area contributed by atoms with Gasteiger partial charge in [0.15, 0.2) is 5.96 Å². The summed E-state index contributed by atoms with van der Waals surface area (Å²) in [6, 6.07) is 6.58. The van der Waals surface area contributed by atoms with Crippen molar-refractivity contribution in [1.82, 2.24) is 10.6 Å². The molecule has 0 radical (unpaired) electrons. The van der Waals surface area contributed by atoms with Crippen LogP contribution in [0.5, 0.6) is 0 Å². The number of nitriles is 1. The Kier molecular flexibility index (Phi) is 6.67. The molecule has 4 nitrogen and oxygen atoms in total. The largest absolute Gasteiger partial charge is 0.357 e. The van der Waals surface area contributed by atoms with Gasteiger partial charge in [-0.2, -0.15) is 5.26 Å². The molecular weight excluding hydrogens is 267 g/mol. The molecule has 1 rings (SSSR count). The Hall–Kier alpha value is -2.09. The smallest absolute Gasteiger partial charge is 0.191 e. The van der Waals surface area contributed by atoms with Crippen LogP contribution in [0.25, 0.3) is 0 Å². The van der Waals surface area contributed by atoms with E-state index in [0.717, 1.165) is 6.54 Å². The Morgan fingerprint density at radius 1 is 1.38 bits per heavy atom. The fraction of sp³-hybridized carbons (Fsp3) is 0.500. The maximum Gasteiger partial charge on any atom is 0.191 e. The first kappa shape index (κ1) is 17.0. The Bertz CT molecular complexity index is 532. The minimum atomic E-state index is -0.342. The van der Waals surface area contributed by atoms with E-state index < -0.39 is 0 Å². The molecule has 1 aromatic rings. The van der Waals surface area contributed by atoms with Crippen molar-refractivity contribution in [3.63, 3.8) is 0 Å². The van der Waals surface area contributed by atoms with Gasteiger partial charge < -0.3 is 10.6 Å². The van der Waals surface area contributed by atoms with Crippen LogP contribution in [0.1, 0.15) is 38.8 Å². The first-order chi connectivity index (χ1) is 9.97. The number of hydrogen-bond acceptors (Lipinski definition) is 2. The average molecular weight is 290 g/mol. The number of rotatable bonds is 5. The Morgan fingerprint density at radius 2 is 2.10 bits per heavy atom. The molecule has 2 N–H and O–H groups in total. The van der Waals surface area contributed by atoms with Gasteiger partial charge in [0.05, 0.1) is 18.2 Å². The molecule has 1 aromatic carbocycles. The number of nitrogens with one attached hydrogen (secondary N) is 2. The molecule has 0 saturated heterocycles. The summed E-state index contributed by atoms with van der Waals surface area (Å²) >= 11 is 0. The zero-order valence-corrected chi connectivity index (χ0v) is 13.1. The lowest BCUT2D eigenvalue weighted by molar-refractivity contribution is 0.481. The van der Waals surface area contributed by atoms with Gasteiger partial charge in [-0.1, -0.05) is 13.8 Å². The van der Waals surface area contributed by atoms with Crippen LogP contribution in [-0.4, -0.2) is 18.5 Å². The SMILES string of the molecule is CCNC(=NCc1cc(C#N)ccc1F)NC(C)C(C)C. The molecular formula is C16H23FN4. The van der Waals surface area contributed by atoms with E-state index in [2.05, 4.69) is 36.4 Å². The van der Waals surface area contributed by atoms with Crippen molar-refractivity contribution < 1.29 is 4.39 Å². The van der Waals surface area contributed by atoms with Gasteiger partial charge in [-0.15, -0.1) is 0 Å². The fourth-order valence-electron chi connectivity index (χ4n) is 1.63. The van der Waals surface area contributed by atoms with Crippen LogP contribution in [0, 0.1) is 23.1 Å². The summed E-state index contributed by atoms with van der Waals surface area (Å²) in [5.41, 5.74) is 0.860.